The second-order valence-corrected chi connectivity index (χ2v) is 6.59. The van der Waals surface area contributed by atoms with Crippen LogP contribution in [0, 0.1) is 16.6 Å². The molecule has 1 fully saturated rings. The van der Waals surface area contributed by atoms with E-state index in [0.29, 0.717) is 12.4 Å². The fourth-order valence-corrected chi connectivity index (χ4v) is 3.04. The van der Waals surface area contributed by atoms with Crippen LogP contribution in [0.25, 0.3) is 0 Å². The first kappa shape index (κ1) is 20.3. The molecule has 0 spiro atoms. The van der Waals surface area contributed by atoms with E-state index < -0.39 is 11.9 Å². The number of nitrogens with zero attached hydrogens (tertiary/aromatic N) is 1. The number of hydrogen-bond donors (Lipinski definition) is 3. The quantitative estimate of drug-likeness (QED) is 0.374. The summed E-state index contributed by atoms with van der Waals surface area (Å²) in [5, 5.41) is 24.9. The van der Waals surface area contributed by atoms with Crippen molar-refractivity contribution in [1.82, 2.24) is 4.90 Å². The normalized spacial score (nSPS) is 16.1. The number of aliphatic hydroxyl groups excluding tert-OH is 1. The Labute approximate surface area is 153 Å². The molecule has 0 aromatic heterocycles. The smallest absolute Gasteiger partial charge is 0.191 e. The Hall–Kier alpha value is -1.99. The van der Waals surface area contributed by atoms with Crippen LogP contribution in [0.2, 0.25) is 0 Å². The van der Waals surface area contributed by atoms with Gasteiger partial charge in [-0.2, -0.15) is 0 Å². The molecule has 1 saturated heterocycles. The van der Waals surface area contributed by atoms with Gasteiger partial charge in [-0.1, -0.05) is 6.42 Å². The molecular weight excluding hydrogens is 337 g/mol. The van der Waals surface area contributed by atoms with Gasteiger partial charge in [0.05, 0.1) is 19.1 Å². The molecule has 6 nitrogen and oxygen atoms in total. The summed E-state index contributed by atoms with van der Waals surface area (Å²) in [5.74, 6) is -0.488. The molecule has 0 aliphatic carbocycles. The summed E-state index contributed by atoms with van der Waals surface area (Å²) in [7, 11) is 0. The van der Waals surface area contributed by atoms with E-state index in [1.807, 2.05) is 0 Å². The number of aliphatic hydroxyl groups is 1. The maximum Gasteiger partial charge on any atom is 0.191 e. The number of rotatable bonds is 8. The molecular formula is C19H28FN3O3. The zero-order valence-corrected chi connectivity index (χ0v) is 15.3. The summed E-state index contributed by atoms with van der Waals surface area (Å²) in [4.78, 5) is 2.43. The van der Waals surface area contributed by atoms with Crippen molar-refractivity contribution in [1.29, 1.82) is 10.8 Å². The summed E-state index contributed by atoms with van der Waals surface area (Å²) in [6.45, 7) is 5.21. The molecule has 7 heteroatoms. The molecule has 1 heterocycles. The van der Waals surface area contributed by atoms with Crippen molar-refractivity contribution in [2.45, 2.75) is 45.1 Å². The fraction of sp³-hybridized carbons (Fsp3) is 0.579. The van der Waals surface area contributed by atoms with Gasteiger partial charge in [0, 0.05) is 19.0 Å². The highest BCUT2D eigenvalue weighted by atomic mass is 19.1. The van der Waals surface area contributed by atoms with Crippen LogP contribution >= 0.6 is 0 Å². The lowest BCUT2D eigenvalue weighted by Gasteiger charge is -2.26. The van der Waals surface area contributed by atoms with Gasteiger partial charge < -0.3 is 19.5 Å². The summed E-state index contributed by atoms with van der Waals surface area (Å²) in [6.07, 6.45) is 3.30. The second-order valence-electron chi connectivity index (χ2n) is 6.59. The van der Waals surface area contributed by atoms with Crippen molar-refractivity contribution >= 4 is 11.8 Å². The van der Waals surface area contributed by atoms with E-state index in [1.54, 1.807) is 0 Å². The lowest BCUT2D eigenvalue weighted by molar-refractivity contribution is 0.174. The van der Waals surface area contributed by atoms with Crippen molar-refractivity contribution in [3.05, 3.63) is 29.6 Å². The predicted molar refractivity (Wildman–Crippen MR) is 98.6 cm³/mol. The minimum atomic E-state index is -1.22. The third-order valence-corrected chi connectivity index (χ3v) is 4.32. The molecule has 1 atom stereocenters. The van der Waals surface area contributed by atoms with Crippen LogP contribution in [0.4, 0.5) is 4.39 Å². The summed E-state index contributed by atoms with van der Waals surface area (Å²) < 4.78 is 24.5. The molecule has 2 rings (SSSR count). The highest BCUT2D eigenvalue weighted by Crippen LogP contribution is 2.25. The Morgan fingerprint density at radius 2 is 2.00 bits per heavy atom. The molecule has 0 radical (unpaired) electrons. The molecule has 3 N–H and O–H groups in total. The fourth-order valence-electron chi connectivity index (χ4n) is 3.04. The molecule has 0 bridgehead atoms. The molecule has 1 aliphatic heterocycles. The van der Waals surface area contributed by atoms with Gasteiger partial charge in [0.25, 0.3) is 0 Å². The van der Waals surface area contributed by atoms with Gasteiger partial charge >= 0.3 is 0 Å². The third-order valence-electron chi connectivity index (χ3n) is 4.32. The first-order chi connectivity index (χ1) is 12.5. The SMILES string of the molecule is CC(=N)OC(=N)CC(O)c1cc(OCCCN2CCCCC2)ccc1F. The van der Waals surface area contributed by atoms with Crippen molar-refractivity contribution in [3.8, 4) is 5.75 Å². The summed E-state index contributed by atoms with van der Waals surface area (Å²) in [6, 6.07) is 4.26. The molecule has 144 valence electrons. The summed E-state index contributed by atoms with van der Waals surface area (Å²) >= 11 is 0. The van der Waals surface area contributed by atoms with Crippen LogP contribution in [-0.4, -0.2) is 48.0 Å². The first-order valence-corrected chi connectivity index (χ1v) is 9.09. The number of ether oxygens (including phenoxy) is 2. The van der Waals surface area contributed by atoms with E-state index in [9.17, 15) is 9.50 Å². The average molecular weight is 365 g/mol. The van der Waals surface area contributed by atoms with E-state index in [2.05, 4.69) is 4.90 Å². The van der Waals surface area contributed by atoms with Gasteiger partial charge in [-0.15, -0.1) is 0 Å². The number of hydrogen-bond acceptors (Lipinski definition) is 6. The molecule has 0 saturated carbocycles. The van der Waals surface area contributed by atoms with Crippen LogP contribution < -0.4 is 4.74 Å². The highest BCUT2D eigenvalue weighted by molar-refractivity contribution is 5.87. The van der Waals surface area contributed by atoms with Crippen LogP contribution in [0.1, 0.15) is 50.7 Å². The van der Waals surface area contributed by atoms with Gasteiger partial charge in [-0.25, -0.2) is 4.39 Å². The van der Waals surface area contributed by atoms with Crippen LogP contribution in [-0.2, 0) is 4.74 Å². The Morgan fingerprint density at radius 3 is 2.69 bits per heavy atom. The summed E-state index contributed by atoms with van der Waals surface area (Å²) in [5.41, 5.74) is 0.0644. The number of likely N-dealkylation sites (tertiary alicyclic amines) is 1. The van der Waals surface area contributed by atoms with Crippen molar-refractivity contribution in [3.63, 3.8) is 0 Å². The zero-order chi connectivity index (χ0) is 18.9. The topological polar surface area (TPSA) is 89.6 Å². The Balaban J connectivity index is 1.83. The van der Waals surface area contributed by atoms with Gasteiger partial charge in [0.1, 0.15) is 11.6 Å². The predicted octanol–water partition coefficient (Wildman–Crippen LogP) is 3.50. The number of benzene rings is 1. The van der Waals surface area contributed by atoms with Gasteiger partial charge in [0.15, 0.2) is 11.8 Å². The Bertz CT molecular complexity index is 618. The van der Waals surface area contributed by atoms with Crippen molar-refractivity contribution in [2.24, 2.45) is 0 Å². The van der Waals surface area contributed by atoms with Crippen molar-refractivity contribution < 1.29 is 19.0 Å². The van der Waals surface area contributed by atoms with Gasteiger partial charge in [0.2, 0.25) is 0 Å². The van der Waals surface area contributed by atoms with E-state index in [4.69, 9.17) is 20.3 Å². The van der Waals surface area contributed by atoms with Gasteiger partial charge in [-0.05, 0) is 50.6 Å². The highest BCUT2D eigenvalue weighted by Gasteiger charge is 2.17. The Kier molecular flexibility index (Phi) is 8.00. The van der Waals surface area contributed by atoms with Crippen LogP contribution in [0.5, 0.6) is 5.75 Å². The zero-order valence-electron chi connectivity index (χ0n) is 15.3. The standard InChI is InChI=1S/C19H28FN3O3/c1-14(21)26-19(22)13-18(24)16-12-15(6-7-17(16)20)25-11-5-10-23-8-3-2-4-9-23/h6-7,12,18,21-22,24H,2-5,8-11,13H2,1H3. The molecule has 1 unspecified atom stereocenters. The van der Waals surface area contributed by atoms with E-state index in [0.717, 1.165) is 26.1 Å². The first-order valence-electron chi connectivity index (χ1n) is 9.09. The molecule has 1 aromatic carbocycles. The minimum Gasteiger partial charge on any atom is -0.494 e. The largest absolute Gasteiger partial charge is 0.494 e. The molecule has 1 aliphatic rings. The van der Waals surface area contributed by atoms with Crippen molar-refractivity contribution in [2.75, 3.05) is 26.2 Å². The van der Waals surface area contributed by atoms with E-state index >= 15 is 0 Å². The second kappa shape index (κ2) is 10.2. The lowest BCUT2D eigenvalue weighted by Crippen LogP contribution is -2.31. The molecule has 0 amide bonds. The van der Waals surface area contributed by atoms with Crippen LogP contribution in [0.3, 0.4) is 0 Å². The van der Waals surface area contributed by atoms with Crippen LogP contribution in [0.15, 0.2) is 18.2 Å². The lowest BCUT2D eigenvalue weighted by atomic mass is 10.1. The number of nitrogens with one attached hydrogen (secondary N) is 2. The Morgan fingerprint density at radius 1 is 1.27 bits per heavy atom. The van der Waals surface area contributed by atoms with Gasteiger partial charge in [-0.3, -0.25) is 10.8 Å². The molecule has 26 heavy (non-hydrogen) atoms. The van der Waals surface area contributed by atoms with E-state index in [-0.39, 0.29) is 23.8 Å². The maximum atomic E-state index is 14.0. The third kappa shape index (κ3) is 6.72. The monoisotopic (exact) mass is 365 g/mol. The number of halogens is 1. The average Bonchev–Trinajstić information content (AvgIpc) is 2.60. The number of piperidine rings is 1. The molecule has 1 aromatic rings. The van der Waals surface area contributed by atoms with E-state index in [1.165, 1.54) is 44.4 Å². The maximum absolute atomic E-state index is 14.0. The minimum absolute atomic E-state index is 0.0644.